The summed E-state index contributed by atoms with van der Waals surface area (Å²) >= 11 is 0. The lowest BCUT2D eigenvalue weighted by Crippen LogP contribution is -2.55. The van der Waals surface area contributed by atoms with Crippen LogP contribution in [-0.2, 0) is 11.3 Å². The van der Waals surface area contributed by atoms with E-state index in [0.717, 1.165) is 5.56 Å². The first-order valence-electron chi connectivity index (χ1n) is 6.34. The van der Waals surface area contributed by atoms with Gasteiger partial charge in [0.05, 0.1) is 5.41 Å². The molecule has 1 aromatic carbocycles. The minimum absolute atomic E-state index is 0.0238. The van der Waals surface area contributed by atoms with Crippen LogP contribution in [0.2, 0.25) is 0 Å². The van der Waals surface area contributed by atoms with Crippen molar-refractivity contribution in [3.05, 3.63) is 35.6 Å². The Balaban J connectivity index is 2.81. The van der Waals surface area contributed by atoms with Gasteiger partial charge in [-0.3, -0.25) is 4.79 Å². The Kier molecular flexibility index (Phi) is 4.35. The van der Waals surface area contributed by atoms with Crippen molar-refractivity contribution < 1.29 is 9.18 Å². The second-order valence-corrected chi connectivity index (χ2v) is 6.13. The van der Waals surface area contributed by atoms with Crippen molar-refractivity contribution in [2.75, 3.05) is 7.05 Å². The normalized spacial score (nSPS) is 12.4. The fraction of sp³-hybridized carbons (Fsp3) is 0.533. The zero-order valence-corrected chi connectivity index (χ0v) is 12.3. The fourth-order valence-corrected chi connectivity index (χ4v) is 1.69. The second kappa shape index (κ2) is 5.29. The monoisotopic (exact) mass is 266 g/mol. The topological polar surface area (TPSA) is 46.3 Å². The first-order valence-corrected chi connectivity index (χ1v) is 6.34. The smallest absolute Gasteiger partial charge is 0.230 e. The Morgan fingerprint density at radius 1 is 1.21 bits per heavy atom. The van der Waals surface area contributed by atoms with E-state index >= 15 is 0 Å². The Bertz CT molecular complexity index is 446. The van der Waals surface area contributed by atoms with Crippen molar-refractivity contribution in [3.63, 3.8) is 0 Å². The molecule has 0 aromatic heterocycles. The van der Waals surface area contributed by atoms with E-state index in [0.29, 0.717) is 6.54 Å². The average molecular weight is 266 g/mol. The summed E-state index contributed by atoms with van der Waals surface area (Å²) < 4.78 is 12.8. The van der Waals surface area contributed by atoms with Gasteiger partial charge in [-0.15, -0.1) is 0 Å². The van der Waals surface area contributed by atoms with Gasteiger partial charge in [0.2, 0.25) is 5.91 Å². The molecule has 0 radical (unpaired) electrons. The Hall–Kier alpha value is -1.42. The van der Waals surface area contributed by atoms with Crippen LogP contribution in [0.4, 0.5) is 4.39 Å². The van der Waals surface area contributed by atoms with Crippen LogP contribution in [0.3, 0.4) is 0 Å². The van der Waals surface area contributed by atoms with Gasteiger partial charge >= 0.3 is 0 Å². The van der Waals surface area contributed by atoms with E-state index in [9.17, 15) is 9.18 Å². The molecule has 0 heterocycles. The molecule has 0 atom stereocenters. The lowest BCUT2D eigenvalue weighted by molar-refractivity contribution is -0.142. The van der Waals surface area contributed by atoms with Crippen LogP contribution in [0, 0.1) is 11.2 Å². The molecule has 106 valence electrons. The summed E-state index contributed by atoms with van der Waals surface area (Å²) in [5.41, 5.74) is 5.68. The number of rotatable bonds is 4. The van der Waals surface area contributed by atoms with Gasteiger partial charge in [-0.2, -0.15) is 0 Å². The molecule has 0 aliphatic carbocycles. The number of amides is 1. The fourth-order valence-electron chi connectivity index (χ4n) is 1.69. The lowest BCUT2D eigenvalue weighted by atomic mass is 9.74. The van der Waals surface area contributed by atoms with Crippen molar-refractivity contribution in [2.24, 2.45) is 11.1 Å². The van der Waals surface area contributed by atoms with E-state index in [1.54, 1.807) is 24.1 Å². The molecule has 19 heavy (non-hydrogen) atoms. The Labute approximate surface area is 114 Å². The Morgan fingerprint density at radius 2 is 1.68 bits per heavy atom. The summed E-state index contributed by atoms with van der Waals surface area (Å²) in [6, 6.07) is 6.15. The number of nitrogens with two attached hydrogens (primary N) is 1. The summed E-state index contributed by atoms with van der Waals surface area (Å²) in [6.07, 6.45) is 0. The molecule has 0 saturated heterocycles. The quantitative estimate of drug-likeness (QED) is 0.910. The van der Waals surface area contributed by atoms with Crippen LogP contribution in [0.15, 0.2) is 24.3 Å². The minimum atomic E-state index is -0.665. The molecule has 0 spiro atoms. The van der Waals surface area contributed by atoms with E-state index in [1.165, 1.54) is 12.1 Å². The van der Waals surface area contributed by atoms with Gasteiger partial charge in [0.15, 0.2) is 0 Å². The van der Waals surface area contributed by atoms with Crippen LogP contribution < -0.4 is 5.73 Å². The number of benzene rings is 1. The maximum absolute atomic E-state index is 12.8. The number of halogens is 1. The molecule has 0 unspecified atom stereocenters. The molecule has 0 aliphatic heterocycles. The highest BCUT2D eigenvalue weighted by Gasteiger charge is 2.41. The average Bonchev–Trinajstić information content (AvgIpc) is 2.29. The molecule has 1 rings (SSSR count). The van der Waals surface area contributed by atoms with Crippen molar-refractivity contribution in [1.29, 1.82) is 0 Å². The number of carbonyl (C=O) groups excluding carboxylic acids is 1. The van der Waals surface area contributed by atoms with E-state index in [1.807, 2.05) is 27.7 Å². The summed E-state index contributed by atoms with van der Waals surface area (Å²) in [5, 5.41) is 0. The van der Waals surface area contributed by atoms with Gasteiger partial charge in [0.25, 0.3) is 0 Å². The molecule has 0 fully saturated rings. The third-order valence-electron chi connectivity index (χ3n) is 3.83. The standard InChI is InChI=1S/C15H23FN2O/c1-14(2,15(3,4)17)13(19)18(5)10-11-6-8-12(16)9-7-11/h6-9H,10,17H2,1-5H3. The first-order chi connectivity index (χ1) is 8.55. The summed E-state index contributed by atoms with van der Waals surface area (Å²) in [6.45, 7) is 7.82. The lowest BCUT2D eigenvalue weighted by Gasteiger charge is -2.39. The van der Waals surface area contributed by atoms with Gasteiger partial charge in [-0.05, 0) is 45.4 Å². The first kappa shape index (κ1) is 15.6. The zero-order valence-electron chi connectivity index (χ0n) is 12.3. The summed E-state index contributed by atoms with van der Waals surface area (Å²) in [7, 11) is 1.74. The summed E-state index contributed by atoms with van der Waals surface area (Å²) in [5.74, 6) is -0.300. The van der Waals surface area contributed by atoms with Crippen LogP contribution in [0.5, 0.6) is 0 Å². The molecule has 0 saturated carbocycles. The molecule has 0 aliphatic rings. The van der Waals surface area contributed by atoms with Crippen LogP contribution in [-0.4, -0.2) is 23.4 Å². The number of hydrogen-bond acceptors (Lipinski definition) is 2. The van der Waals surface area contributed by atoms with Crippen molar-refractivity contribution in [3.8, 4) is 0 Å². The van der Waals surface area contributed by atoms with E-state index in [-0.39, 0.29) is 11.7 Å². The van der Waals surface area contributed by atoms with Gasteiger partial charge in [0, 0.05) is 19.1 Å². The third kappa shape index (κ3) is 3.53. The largest absolute Gasteiger partial charge is 0.341 e. The Morgan fingerprint density at radius 3 is 2.11 bits per heavy atom. The van der Waals surface area contributed by atoms with Crippen LogP contribution >= 0.6 is 0 Å². The number of carbonyl (C=O) groups is 1. The predicted molar refractivity (Wildman–Crippen MR) is 74.9 cm³/mol. The molecular weight excluding hydrogens is 243 g/mol. The van der Waals surface area contributed by atoms with Gasteiger partial charge in [-0.25, -0.2) is 4.39 Å². The van der Waals surface area contributed by atoms with Crippen LogP contribution in [0.25, 0.3) is 0 Å². The number of hydrogen-bond donors (Lipinski definition) is 1. The molecule has 1 amide bonds. The molecule has 2 N–H and O–H groups in total. The van der Waals surface area contributed by atoms with E-state index in [2.05, 4.69) is 0 Å². The SMILES string of the molecule is CN(Cc1ccc(F)cc1)C(=O)C(C)(C)C(C)(C)N. The van der Waals surface area contributed by atoms with Crippen molar-refractivity contribution >= 4 is 5.91 Å². The van der Waals surface area contributed by atoms with Gasteiger partial charge in [0.1, 0.15) is 5.82 Å². The molecule has 0 bridgehead atoms. The summed E-state index contributed by atoms with van der Waals surface area (Å²) in [4.78, 5) is 14.1. The highest BCUT2D eigenvalue weighted by Crippen LogP contribution is 2.30. The molecular formula is C15H23FN2O. The van der Waals surface area contributed by atoms with E-state index in [4.69, 9.17) is 5.73 Å². The maximum Gasteiger partial charge on any atom is 0.230 e. The van der Waals surface area contributed by atoms with Gasteiger partial charge in [-0.1, -0.05) is 12.1 Å². The van der Waals surface area contributed by atoms with Crippen molar-refractivity contribution in [2.45, 2.75) is 39.8 Å². The third-order valence-corrected chi connectivity index (χ3v) is 3.83. The van der Waals surface area contributed by atoms with Crippen molar-refractivity contribution in [1.82, 2.24) is 4.90 Å². The van der Waals surface area contributed by atoms with Gasteiger partial charge < -0.3 is 10.6 Å². The molecule has 3 nitrogen and oxygen atoms in total. The van der Waals surface area contributed by atoms with Crippen LogP contribution in [0.1, 0.15) is 33.3 Å². The predicted octanol–water partition coefficient (Wildman–Crippen LogP) is 2.55. The van der Waals surface area contributed by atoms with E-state index < -0.39 is 11.0 Å². The maximum atomic E-state index is 12.8. The highest BCUT2D eigenvalue weighted by atomic mass is 19.1. The zero-order chi connectivity index (χ0) is 14.8. The molecule has 4 heteroatoms. The minimum Gasteiger partial charge on any atom is -0.341 e. The highest BCUT2D eigenvalue weighted by molar-refractivity contribution is 5.83. The molecule has 1 aromatic rings. The second-order valence-electron chi connectivity index (χ2n) is 6.13. The number of nitrogens with zero attached hydrogens (tertiary/aromatic N) is 1.